The quantitative estimate of drug-likeness (QED) is 0.717. The lowest BCUT2D eigenvalue weighted by molar-refractivity contribution is 0.0971. The van der Waals surface area contributed by atoms with Crippen molar-refractivity contribution < 1.29 is 4.79 Å². The molecule has 0 spiro atoms. The van der Waals surface area contributed by atoms with Gasteiger partial charge < -0.3 is 4.57 Å². The summed E-state index contributed by atoms with van der Waals surface area (Å²) in [6, 6.07) is 2.73. The number of hydrogen-bond donors (Lipinski definition) is 0. The molecular formula is C17H27NO. The summed E-state index contributed by atoms with van der Waals surface area (Å²) in [5, 5.41) is 0. The van der Waals surface area contributed by atoms with Crippen LogP contribution in [0.15, 0.2) is 6.07 Å². The van der Waals surface area contributed by atoms with Crippen molar-refractivity contribution in [3.8, 4) is 0 Å². The van der Waals surface area contributed by atoms with Crippen molar-refractivity contribution >= 4 is 5.78 Å². The summed E-state index contributed by atoms with van der Waals surface area (Å²) >= 11 is 0. The monoisotopic (exact) mass is 261 g/mol. The first-order chi connectivity index (χ1) is 9.19. The van der Waals surface area contributed by atoms with Gasteiger partial charge in [-0.25, -0.2) is 0 Å². The molecule has 0 bridgehead atoms. The lowest BCUT2D eigenvalue weighted by atomic mass is 9.96. The molecule has 0 saturated carbocycles. The highest BCUT2D eigenvalue weighted by Gasteiger charge is 2.25. The number of nitrogens with zero attached hydrogens (tertiary/aromatic N) is 1. The zero-order valence-electron chi connectivity index (χ0n) is 12.7. The second-order valence-corrected chi connectivity index (χ2v) is 5.88. The Bertz CT molecular complexity index is 444. The smallest absolute Gasteiger partial charge is 0.164 e. The fourth-order valence-corrected chi connectivity index (χ4v) is 3.44. The summed E-state index contributed by atoms with van der Waals surface area (Å²) < 4.78 is 2.49. The number of hydrogen-bond acceptors (Lipinski definition) is 1. The van der Waals surface area contributed by atoms with E-state index >= 15 is 0 Å². The fourth-order valence-electron chi connectivity index (χ4n) is 3.44. The first-order valence-electron chi connectivity index (χ1n) is 7.92. The molecule has 0 saturated heterocycles. The Balaban J connectivity index is 2.33. The number of carbonyl (C=O) groups excluding carboxylic acids is 1. The summed E-state index contributed by atoms with van der Waals surface area (Å²) in [5.41, 5.74) is 3.62. The number of unbranched alkanes of at least 4 members (excludes halogenated alkanes) is 1. The first kappa shape index (κ1) is 14.4. The normalized spacial score (nSPS) is 16.5. The largest absolute Gasteiger partial charge is 0.345 e. The molecule has 1 atom stereocenters. The molecule has 1 aliphatic carbocycles. The number of rotatable bonds is 6. The van der Waals surface area contributed by atoms with Crippen LogP contribution in [0.5, 0.6) is 0 Å². The third-order valence-corrected chi connectivity index (χ3v) is 4.33. The van der Waals surface area contributed by atoms with E-state index < -0.39 is 0 Å². The van der Waals surface area contributed by atoms with Crippen molar-refractivity contribution in [3.05, 3.63) is 23.0 Å². The molecule has 0 N–H and O–H groups in total. The summed E-state index contributed by atoms with van der Waals surface area (Å²) in [4.78, 5) is 12.0. The SMILES string of the molecule is CCCCC(CCC)n1c(C)cc2c1CCCC2=O. The topological polar surface area (TPSA) is 22.0 Å². The maximum Gasteiger partial charge on any atom is 0.164 e. The van der Waals surface area contributed by atoms with Crippen molar-refractivity contribution in [2.75, 3.05) is 0 Å². The van der Waals surface area contributed by atoms with Crippen molar-refractivity contribution in [1.29, 1.82) is 0 Å². The fraction of sp³-hybridized carbons (Fsp3) is 0.706. The number of ketones is 1. The van der Waals surface area contributed by atoms with Crippen molar-refractivity contribution in [2.24, 2.45) is 0 Å². The zero-order chi connectivity index (χ0) is 13.8. The van der Waals surface area contributed by atoms with Gasteiger partial charge in [0.2, 0.25) is 0 Å². The van der Waals surface area contributed by atoms with Gasteiger partial charge in [-0.05, 0) is 38.7 Å². The van der Waals surface area contributed by atoms with Crippen LogP contribution in [0.1, 0.15) is 86.6 Å². The molecule has 1 aliphatic rings. The molecule has 2 heteroatoms. The molecule has 0 amide bonds. The minimum atomic E-state index is 0.355. The Labute approximate surface area is 117 Å². The predicted octanol–water partition coefficient (Wildman–Crippen LogP) is 4.85. The molecule has 106 valence electrons. The highest BCUT2D eigenvalue weighted by molar-refractivity contribution is 5.98. The maximum atomic E-state index is 12.0. The van der Waals surface area contributed by atoms with Gasteiger partial charge in [0, 0.05) is 29.4 Å². The van der Waals surface area contributed by atoms with E-state index in [1.165, 1.54) is 43.5 Å². The number of fused-ring (bicyclic) bond motifs is 1. The van der Waals surface area contributed by atoms with E-state index in [4.69, 9.17) is 0 Å². The zero-order valence-corrected chi connectivity index (χ0v) is 12.7. The molecule has 19 heavy (non-hydrogen) atoms. The average molecular weight is 261 g/mol. The molecule has 1 heterocycles. The Morgan fingerprint density at radius 2 is 2.00 bits per heavy atom. The van der Waals surface area contributed by atoms with Gasteiger partial charge in [0.25, 0.3) is 0 Å². The molecule has 1 aromatic heterocycles. The predicted molar refractivity (Wildman–Crippen MR) is 79.9 cm³/mol. The van der Waals surface area contributed by atoms with Gasteiger partial charge in [-0.1, -0.05) is 33.1 Å². The van der Waals surface area contributed by atoms with Gasteiger partial charge in [0.1, 0.15) is 0 Å². The highest BCUT2D eigenvalue weighted by atomic mass is 16.1. The molecular weight excluding hydrogens is 234 g/mol. The molecule has 0 radical (unpaired) electrons. The van der Waals surface area contributed by atoms with E-state index in [1.807, 2.05) is 0 Å². The Morgan fingerprint density at radius 3 is 2.68 bits per heavy atom. The first-order valence-corrected chi connectivity index (χ1v) is 7.92. The van der Waals surface area contributed by atoms with E-state index in [9.17, 15) is 4.79 Å². The molecule has 0 aliphatic heterocycles. The van der Waals surface area contributed by atoms with Crippen LogP contribution in [-0.2, 0) is 6.42 Å². The van der Waals surface area contributed by atoms with Crippen LogP contribution in [0.25, 0.3) is 0 Å². The van der Waals surface area contributed by atoms with Crippen molar-refractivity contribution in [3.63, 3.8) is 0 Å². The number of aryl methyl sites for hydroxylation is 1. The van der Waals surface area contributed by atoms with Crippen molar-refractivity contribution in [2.45, 2.75) is 78.2 Å². The van der Waals surface area contributed by atoms with Crippen LogP contribution in [0.3, 0.4) is 0 Å². The standard InChI is InChI=1S/C17H27NO/c1-4-6-9-14(8-5-2)18-13(3)12-15-16(18)10-7-11-17(15)19/h12,14H,4-11H2,1-3H3. The Kier molecular flexibility index (Phi) is 4.84. The van der Waals surface area contributed by atoms with Gasteiger partial charge in [-0.3, -0.25) is 4.79 Å². The lowest BCUT2D eigenvalue weighted by Gasteiger charge is -2.25. The molecule has 1 unspecified atom stereocenters. The summed E-state index contributed by atoms with van der Waals surface area (Å²) in [7, 11) is 0. The minimum Gasteiger partial charge on any atom is -0.345 e. The molecule has 2 rings (SSSR count). The third-order valence-electron chi connectivity index (χ3n) is 4.33. The molecule has 1 aromatic rings. The summed E-state index contributed by atoms with van der Waals surface area (Å²) in [6.07, 6.45) is 9.09. The van der Waals surface area contributed by atoms with Gasteiger partial charge in [-0.2, -0.15) is 0 Å². The van der Waals surface area contributed by atoms with Crippen LogP contribution in [0, 0.1) is 6.92 Å². The van der Waals surface area contributed by atoms with E-state index in [-0.39, 0.29) is 0 Å². The van der Waals surface area contributed by atoms with Gasteiger partial charge >= 0.3 is 0 Å². The number of Topliss-reactive ketones (excluding diaryl/α,β-unsaturated/α-hetero) is 1. The van der Waals surface area contributed by atoms with Crippen LogP contribution < -0.4 is 0 Å². The highest BCUT2D eigenvalue weighted by Crippen LogP contribution is 2.32. The molecule has 0 aromatic carbocycles. The summed E-state index contributed by atoms with van der Waals surface area (Å²) in [6.45, 7) is 6.68. The average Bonchev–Trinajstić information content (AvgIpc) is 2.73. The van der Waals surface area contributed by atoms with E-state index in [1.54, 1.807) is 0 Å². The van der Waals surface area contributed by atoms with Crippen LogP contribution in [-0.4, -0.2) is 10.4 Å². The second kappa shape index (κ2) is 6.40. The Hall–Kier alpha value is -1.05. The second-order valence-electron chi connectivity index (χ2n) is 5.88. The van der Waals surface area contributed by atoms with E-state index in [2.05, 4.69) is 31.4 Å². The van der Waals surface area contributed by atoms with E-state index in [0.717, 1.165) is 24.8 Å². The lowest BCUT2D eigenvalue weighted by Crippen LogP contribution is -2.18. The Morgan fingerprint density at radius 1 is 1.21 bits per heavy atom. The van der Waals surface area contributed by atoms with Crippen LogP contribution in [0.2, 0.25) is 0 Å². The molecule has 2 nitrogen and oxygen atoms in total. The van der Waals surface area contributed by atoms with Crippen LogP contribution in [0.4, 0.5) is 0 Å². The van der Waals surface area contributed by atoms with Gasteiger partial charge in [-0.15, -0.1) is 0 Å². The minimum absolute atomic E-state index is 0.355. The van der Waals surface area contributed by atoms with Gasteiger partial charge in [0.15, 0.2) is 5.78 Å². The van der Waals surface area contributed by atoms with Gasteiger partial charge in [0.05, 0.1) is 0 Å². The van der Waals surface area contributed by atoms with Crippen molar-refractivity contribution in [1.82, 2.24) is 4.57 Å². The number of carbonyl (C=O) groups is 1. The number of aromatic nitrogens is 1. The third kappa shape index (κ3) is 2.93. The summed E-state index contributed by atoms with van der Waals surface area (Å²) in [5.74, 6) is 0.355. The van der Waals surface area contributed by atoms with Crippen LogP contribution >= 0.6 is 0 Å². The molecule has 0 fully saturated rings. The maximum absolute atomic E-state index is 12.0. The van der Waals surface area contributed by atoms with E-state index in [0.29, 0.717) is 11.8 Å².